The van der Waals surface area contributed by atoms with Crippen molar-refractivity contribution in [3.8, 4) is 0 Å². The summed E-state index contributed by atoms with van der Waals surface area (Å²) in [6.45, 7) is 1.90. The van der Waals surface area contributed by atoms with E-state index in [4.69, 9.17) is 23.2 Å². The van der Waals surface area contributed by atoms with Gasteiger partial charge in [0.1, 0.15) is 5.69 Å². The van der Waals surface area contributed by atoms with Crippen molar-refractivity contribution in [1.82, 2.24) is 10.3 Å². The van der Waals surface area contributed by atoms with E-state index in [-0.39, 0.29) is 5.91 Å². The molecule has 0 saturated heterocycles. The number of carbonyl (C=O) groups is 1. The number of aromatic nitrogens is 1. The molecule has 3 rings (SSSR count). The van der Waals surface area contributed by atoms with Crippen LogP contribution in [-0.2, 0) is 5.54 Å². The standard InChI is InChI=1S/C15H14Cl2N2O/c1-9-5-8-18-13(9)14(20)19-15(6-7-15)12-10(16)3-2-4-11(12)17/h2-5,8,18H,6-7H2,1H3,(H,19,20). The molecule has 1 aromatic heterocycles. The normalized spacial score (nSPS) is 15.9. The van der Waals surface area contributed by atoms with Crippen LogP contribution in [0.15, 0.2) is 30.5 Å². The van der Waals surface area contributed by atoms with Gasteiger partial charge in [0.25, 0.3) is 5.91 Å². The number of aryl methyl sites for hydroxylation is 1. The van der Waals surface area contributed by atoms with Gasteiger partial charge in [0, 0.05) is 21.8 Å². The summed E-state index contributed by atoms with van der Waals surface area (Å²) in [7, 11) is 0. The number of benzene rings is 1. The van der Waals surface area contributed by atoms with Crippen LogP contribution in [0.4, 0.5) is 0 Å². The third-order valence-electron chi connectivity index (χ3n) is 3.73. The Kier molecular flexibility index (Phi) is 3.27. The van der Waals surface area contributed by atoms with Crippen LogP contribution in [0.1, 0.15) is 34.5 Å². The minimum Gasteiger partial charge on any atom is -0.357 e. The topological polar surface area (TPSA) is 44.9 Å². The molecule has 0 atom stereocenters. The van der Waals surface area contributed by atoms with Gasteiger partial charge < -0.3 is 10.3 Å². The highest BCUT2D eigenvalue weighted by Crippen LogP contribution is 2.50. The number of H-pyrrole nitrogens is 1. The molecule has 2 N–H and O–H groups in total. The van der Waals surface area contributed by atoms with Crippen LogP contribution in [0.25, 0.3) is 0 Å². The van der Waals surface area contributed by atoms with Crippen LogP contribution < -0.4 is 5.32 Å². The van der Waals surface area contributed by atoms with Gasteiger partial charge in [0.2, 0.25) is 0 Å². The Labute approximate surface area is 127 Å². The van der Waals surface area contributed by atoms with Crippen LogP contribution in [0.3, 0.4) is 0 Å². The molecule has 2 aromatic rings. The number of hydrogen-bond donors (Lipinski definition) is 2. The summed E-state index contributed by atoms with van der Waals surface area (Å²) in [5, 5.41) is 4.26. The van der Waals surface area contributed by atoms with E-state index in [0.717, 1.165) is 24.0 Å². The summed E-state index contributed by atoms with van der Waals surface area (Å²) in [5.41, 5.74) is 1.90. The minimum absolute atomic E-state index is 0.124. The number of nitrogens with one attached hydrogen (secondary N) is 2. The Morgan fingerprint density at radius 2 is 1.90 bits per heavy atom. The quantitative estimate of drug-likeness (QED) is 0.882. The Morgan fingerprint density at radius 1 is 1.25 bits per heavy atom. The Hall–Kier alpha value is -1.45. The van der Waals surface area contributed by atoms with Crippen LogP contribution in [-0.4, -0.2) is 10.9 Å². The fourth-order valence-corrected chi connectivity index (χ4v) is 3.25. The largest absolute Gasteiger partial charge is 0.357 e. The Balaban J connectivity index is 1.91. The molecular formula is C15H14Cl2N2O. The monoisotopic (exact) mass is 308 g/mol. The van der Waals surface area contributed by atoms with Crippen molar-refractivity contribution in [1.29, 1.82) is 0 Å². The third-order valence-corrected chi connectivity index (χ3v) is 4.36. The van der Waals surface area contributed by atoms with E-state index in [0.29, 0.717) is 15.7 Å². The summed E-state index contributed by atoms with van der Waals surface area (Å²) < 4.78 is 0. The molecule has 20 heavy (non-hydrogen) atoms. The van der Waals surface area contributed by atoms with Gasteiger partial charge in [-0.3, -0.25) is 4.79 Å². The highest BCUT2D eigenvalue weighted by Gasteiger charge is 2.48. The van der Waals surface area contributed by atoms with Crippen LogP contribution in [0.5, 0.6) is 0 Å². The third kappa shape index (κ3) is 2.21. The van der Waals surface area contributed by atoms with Crippen LogP contribution in [0.2, 0.25) is 10.0 Å². The van der Waals surface area contributed by atoms with Gasteiger partial charge >= 0.3 is 0 Å². The van der Waals surface area contributed by atoms with E-state index in [2.05, 4.69) is 10.3 Å². The number of carbonyl (C=O) groups excluding carboxylic acids is 1. The first kappa shape index (κ1) is 13.5. The molecule has 0 radical (unpaired) electrons. The molecule has 0 unspecified atom stereocenters. The first-order valence-electron chi connectivity index (χ1n) is 6.44. The molecule has 1 saturated carbocycles. The molecule has 1 aromatic carbocycles. The van der Waals surface area contributed by atoms with Crippen molar-refractivity contribution in [2.75, 3.05) is 0 Å². The lowest BCUT2D eigenvalue weighted by atomic mass is 10.0. The van der Waals surface area contributed by atoms with Crippen LogP contribution in [0, 0.1) is 6.92 Å². The van der Waals surface area contributed by atoms with Crippen molar-refractivity contribution >= 4 is 29.1 Å². The summed E-state index contributed by atoms with van der Waals surface area (Å²) in [5.74, 6) is -0.124. The first-order chi connectivity index (χ1) is 9.53. The highest BCUT2D eigenvalue weighted by atomic mass is 35.5. The maximum Gasteiger partial charge on any atom is 0.268 e. The Bertz CT molecular complexity index is 654. The SMILES string of the molecule is Cc1cc[nH]c1C(=O)NC1(c2c(Cl)cccc2Cl)CC1. The van der Waals surface area contributed by atoms with Gasteiger partial charge in [-0.25, -0.2) is 0 Å². The average Bonchev–Trinajstić information content (AvgIpc) is 3.00. The zero-order valence-corrected chi connectivity index (χ0v) is 12.5. The number of hydrogen-bond acceptors (Lipinski definition) is 1. The molecule has 0 bridgehead atoms. The van der Waals surface area contributed by atoms with Crippen molar-refractivity contribution in [3.63, 3.8) is 0 Å². The molecule has 0 spiro atoms. The second-order valence-electron chi connectivity index (χ2n) is 5.17. The molecule has 1 fully saturated rings. The molecule has 5 heteroatoms. The number of halogens is 2. The van der Waals surface area contributed by atoms with Gasteiger partial charge in [-0.2, -0.15) is 0 Å². The average molecular weight is 309 g/mol. The smallest absolute Gasteiger partial charge is 0.268 e. The maximum absolute atomic E-state index is 12.3. The summed E-state index contributed by atoms with van der Waals surface area (Å²) in [6.07, 6.45) is 3.45. The molecule has 1 heterocycles. The Morgan fingerprint density at radius 3 is 2.40 bits per heavy atom. The van der Waals surface area contributed by atoms with E-state index < -0.39 is 5.54 Å². The van der Waals surface area contributed by atoms with Crippen molar-refractivity contribution in [3.05, 3.63) is 57.3 Å². The zero-order chi connectivity index (χ0) is 14.3. The molecule has 1 aliphatic rings. The fourth-order valence-electron chi connectivity index (χ4n) is 2.49. The molecular weight excluding hydrogens is 295 g/mol. The zero-order valence-electron chi connectivity index (χ0n) is 11.0. The number of rotatable bonds is 3. The second kappa shape index (κ2) is 4.83. The van der Waals surface area contributed by atoms with E-state index >= 15 is 0 Å². The van der Waals surface area contributed by atoms with E-state index in [1.165, 1.54) is 0 Å². The predicted octanol–water partition coefficient (Wildman–Crippen LogP) is 4.05. The maximum atomic E-state index is 12.3. The fraction of sp³-hybridized carbons (Fsp3) is 0.267. The highest BCUT2D eigenvalue weighted by molar-refractivity contribution is 6.36. The van der Waals surface area contributed by atoms with E-state index in [1.807, 2.05) is 13.0 Å². The minimum atomic E-state index is -0.427. The first-order valence-corrected chi connectivity index (χ1v) is 7.20. The molecule has 3 nitrogen and oxygen atoms in total. The lowest BCUT2D eigenvalue weighted by molar-refractivity contribution is 0.0926. The molecule has 1 amide bonds. The summed E-state index contributed by atoms with van der Waals surface area (Å²) in [4.78, 5) is 15.3. The molecule has 1 aliphatic carbocycles. The van der Waals surface area contributed by atoms with Crippen LogP contribution >= 0.6 is 23.2 Å². The van der Waals surface area contributed by atoms with Gasteiger partial charge in [0.15, 0.2) is 0 Å². The lowest BCUT2D eigenvalue weighted by Gasteiger charge is -2.20. The summed E-state index contributed by atoms with van der Waals surface area (Å²) >= 11 is 12.5. The van der Waals surface area contributed by atoms with Crippen molar-refractivity contribution in [2.45, 2.75) is 25.3 Å². The lowest BCUT2D eigenvalue weighted by Crippen LogP contribution is -2.35. The van der Waals surface area contributed by atoms with Gasteiger partial charge in [-0.05, 0) is 43.5 Å². The van der Waals surface area contributed by atoms with Gasteiger partial charge in [0.05, 0.1) is 5.54 Å². The molecule has 0 aliphatic heterocycles. The summed E-state index contributed by atoms with van der Waals surface area (Å²) in [6, 6.07) is 7.28. The second-order valence-corrected chi connectivity index (χ2v) is 5.98. The van der Waals surface area contributed by atoms with E-state index in [1.54, 1.807) is 24.4 Å². The number of aromatic amines is 1. The van der Waals surface area contributed by atoms with Crippen molar-refractivity contribution < 1.29 is 4.79 Å². The molecule has 104 valence electrons. The van der Waals surface area contributed by atoms with Crippen molar-refractivity contribution in [2.24, 2.45) is 0 Å². The van der Waals surface area contributed by atoms with Gasteiger partial charge in [-0.15, -0.1) is 0 Å². The number of amides is 1. The van der Waals surface area contributed by atoms with Gasteiger partial charge in [-0.1, -0.05) is 29.3 Å². The van der Waals surface area contributed by atoms with E-state index in [9.17, 15) is 4.79 Å². The predicted molar refractivity (Wildman–Crippen MR) is 80.4 cm³/mol.